The summed E-state index contributed by atoms with van der Waals surface area (Å²) >= 11 is 7.64. The van der Waals surface area contributed by atoms with Gasteiger partial charge >= 0.3 is 0 Å². The van der Waals surface area contributed by atoms with E-state index in [9.17, 15) is 4.79 Å². The maximum atomic E-state index is 12.5. The first-order chi connectivity index (χ1) is 15.1. The van der Waals surface area contributed by atoms with E-state index in [4.69, 9.17) is 20.8 Å². The molecule has 31 heavy (non-hydrogen) atoms. The Morgan fingerprint density at radius 3 is 2.71 bits per heavy atom. The van der Waals surface area contributed by atoms with Gasteiger partial charge in [-0.05, 0) is 61.0 Å². The molecule has 0 saturated heterocycles. The summed E-state index contributed by atoms with van der Waals surface area (Å²) in [4.78, 5) is 14.4. The lowest BCUT2D eigenvalue weighted by atomic mass is 10.1. The van der Waals surface area contributed by atoms with Crippen molar-refractivity contribution >= 4 is 34.8 Å². The van der Waals surface area contributed by atoms with E-state index >= 15 is 0 Å². The molecule has 4 rings (SSSR count). The average molecular weight is 449 g/mol. The second-order valence-corrected chi connectivity index (χ2v) is 8.66. The molecule has 0 unspecified atom stereocenters. The highest BCUT2D eigenvalue weighted by Crippen LogP contribution is 2.26. The van der Waals surface area contributed by atoms with Crippen LogP contribution in [0, 0.1) is 6.92 Å². The van der Waals surface area contributed by atoms with Crippen LogP contribution in [-0.4, -0.2) is 5.78 Å². The van der Waals surface area contributed by atoms with Crippen molar-refractivity contribution in [3.63, 3.8) is 0 Å². The second kappa shape index (κ2) is 9.82. The third-order valence-electron chi connectivity index (χ3n) is 4.80. The van der Waals surface area contributed by atoms with E-state index in [-0.39, 0.29) is 12.4 Å². The van der Waals surface area contributed by atoms with Crippen molar-refractivity contribution in [3.05, 3.63) is 116 Å². The molecule has 0 radical (unpaired) electrons. The third kappa shape index (κ3) is 5.54. The van der Waals surface area contributed by atoms with E-state index in [2.05, 4.69) is 12.1 Å². The highest BCUT2D eigenvalue weighted by Gasteiger charge is 2.09. The van der Waals surface area contributed by atoms with Crippen LogP contribution in [0.25, 0.3) is 6.08 Å². The Balaban J connectivity index is 1.34. The van der Waals surface area contributed by atoms with Gasteiger partial charge in [0.1, 0.15) is 23.9 Å². The number of carbonyl (C=O) groups excluding carboxylic acids is 1. The Bertz CT molecular complexity index is 1200. The van der Waals surface area contributed by atoms with Crippen molar-refractivity contribution in [3.8, 4) is 5.75 Å². The number of rotatable bonds is 8. The van der Waals surface area contributed by atoms with Crippen LogP contribution in [-0.2, 0) is 13.0 Å². The number of carbonyl (C=O) groups is 1. The topological polar surface area (TPSA) is 39.4 Å². The summed E-state index contributed by atoms with van der Waals surface area (Å²) < 4.78 is 11.5. The lowest BCUT2D eigenvalue weighted by Crippen LogP contribution is -1.95. The van der Waals surface area contributed by atoms with Crippen molar-refractivity contribution < 1.29 is 13.9 Å². The van der Waals surface area contributed by atoms with Crippen LogP contribution in [0.4, 0.5) is 0 Å². The fraction of sp³-hybridized carbons (Fsp3) is 0.115. The third-order valence-corrected chi connectivity index (χ3v) is 6.30. The summed E-state index contributed by atoms with van der Waals surface area (Å²) in [5.74, 6) is 1.97. The van der Waals surface area contributed by atoms with Crippen LogP contribution in [0.3, 0.4) is 0 Å². The molecule has 0 aliphatic heterocycles. The average Bonchev–Trinajstić information content (AvgIpc) is 3.43. The van der Waals surface area contributed by atoms with Crippen LogP contribution < -0.4 is 4.74 Å². The fourth-order valence-corrected chi connectivity index (χ4v) is 4.22. The van der Waals surface area contributed by atoms with Gasteiger partial charge in [0, 0.05) is 21.9 Å². The predicted octanol–water partition coefficient (Wildman–Crippen LogP) is 7.37. The number of ketones is 1. The van der Waals surface area contributed by atoms with Gasteiger partial charge in [0.15, 0.2) is 5.78 Å². The minimum Gasteiger partial charge on any atom is -0.485 e. The number of thiophene rings is 1. The molecule has 0 saturated carbocycles. The molecule has 0 bridgehead atoms. The zero-order valence-corrected chi connectivity index (χ0v) is 18.6. The van der Waals surface area contributed by atoms with Crippen molar-refractivity contribution in [2.75, 3.05) is 0 Å². The minimum absolute atomic E-state index is 0.0342. The fourth-order valence-electron chi connectivity index (χ4n) is 3.10. The molecule has 2 heterocycles. The van der Waals surface area contributed by atoms with Gasteiger partial charge in [0.05, 0.1) is 4.88 Å². The van der Waals surface area contributed by atoms with Crippen LogP contribution in [0.15, 0.2) is 83.3 Å². The summed E-state index contributed by atoms with van der Waals surface area (Å²) in [6.45, 7) is 2.20. The molecule has 0 N–H and O–H groups in total. The van der Waals surface area contributed by atoms with E-state index in [1.807, 2.05) is 67.6 Å². The molecule has 5 heteroatoms. The van der Waals surface area contributed by atoms with Crippen molar-refractivity contribution in [1.82, 2.24) is 0 Å². The largest absolute Gasteiger partial charge is 0.485 e. The van der Waals surface area contributed by atoms with Crippen LogP contribution >= 0.6 is 22.9 Å². The SMILES string of the molecule is Cc1c(Cl)cccc1OCc1ccc(/C=C/C(=O)c2ccc(Cc3ccccc3)s2)o1. The lowest BCUT2D eigenvalue weighted by molar-refractivity contribution is 0.105. The molecule has 0 fully saturated rings. The van der Waals surface area contributed by atoms with E-state index in [1.165, 1.54) is 16.9 Å². The highest BCUT2D eigenvalue weighted by atomic mass is 35.5. The normalized spacial score (nSPS) is 11.2. The van der Waals surface area contributed by atoms with E-state index in [0.717, 1.165) is 22.6 Å². The van der Waals surface area contributed by atoms with Gasteiger partial charge in [-0.2, -0.15) is 0 Å². The standard InChI is InChI=1S/C26H21ClO3S/c1-18-23(27)8-5-9-25(18)29-17-21-11-10-20(30-21)12-14-24(28)26-15-13-22(31-26)16-19-6-3-2-4-7-19/h2-15H,16-17H2,1H3/b14-12+. The smallest absolute Gasteiger partial charge is 0.195 e. The maximum absolute atomic E-state index is 12.5. The van der Waals surface area contributed by atoms with Crippen molar-refractivity contribution in [1.29, 1.82) is 0 Å². The van der Waals surface area contributed by atoms with Gasteiger partial charge in [-0.1, -0.05) is 48.0 Å². The highest BCUT2D eigenvalue weighted by molar-refractivity contribution is 7.14. The number of hydrogen-bond acceptors (Lipinski definition) is 4. The molecule has 0 aliphatic rings. The second-order valence-electron chi connectivity index (χ2n) is 7.08. The van der Waals surface area contributed by atoms with Gasteiger partial charge in [-0.15, -0.1) is 11.3 Å². The molecule has 156 valence electrons. The summed E-state index contributed by atoms with van der Waals surface area (Å²) in [6.07, 6.45) is 4.06. The van der Waals surface area contributed by atoms with Crippen LogP contribution in [0.5, 0.6) is 5.75 Å². The number of allylic oxidation sites excluding steroid dienone is 1. The molecule has 0 amide bonds. The quantitative estimate of drug-likeness (QED) is 0.208. The van der Waals surface area contributed by atoms with Gasteiger partial charge < -0.3 is 9.15 Å². The maximum Gasteiger partial charge on any atom is 0.195 e. The lowest BCUT2D eigenvalue weighted by Gasteiger charge is -2.08. The molecule has 0 atom stereocenters. The van der Waals surface area contributed by atoms with Crippen LogP contribution in [0.1, 0.15) is 37.2 Å². The number of halogens is 1. The van der Waals surface area contributed by atoms with Gasteiger partial charge in [-0.25, -0.2) is 0 Å². The number of benzene rings is 2. The van der Waals surface area contributed by atoms with Crippen molar-refractivity contribution in [2.24, 2.45) is 0 Å². The zero-order chi connectivity index (χ0) is 21.6. The summed E-state index contributed by atoms with van der Waals surface area (Å²) in [5, 5.41) is 0.666. The monoisotopic (exact) mass is 448 g/mol. The molecular weight excluding hydrogens is 428 g/mol. The first-order valence-corrected chi connectivity index (χ1v) is 11.1. The zero-order valence-electron chi connectivity index (χ0n) is 17.0. The Kier molecular flexibility index (Phi) is 6.70. The van der Waals surface area contributed by atoms with Gasteiger partial charge in [0.2, 0.25) is 0 Å². The molecule has 4 aromatic rings. The first-order valence-electron chi connectivity index (χ1n) is 9.90. The summed E-state index contributed by atoms with van der Waals surface area (Å²) in [7, 11) is 0. The number of hydrogen-bond donors (Lipinski definition) is 0. The Morgan fingerprint density at radius 2 is 1.87 bits per heavy atom. The molecule has 0 spiro atoms. The summed E-state index contributed by atoms with van der Waals surface area (Å²) in [5.41, 5.74) is 2.13. The van der Waals surface area contributed by atoms with E-state index < -0.39 is 0 Å². The van der Waals surface area contributed by atoms with E-state index in [0.29, 0.717) is 21.4 Å². The number of ether oxygens (including phenoxy) is 1. The molecule has 2 aromatic carbocycles. The predicted molar refractivity (Wildman–Crippen MR) is 126 cm³/mol. The Morgan fingerprint density at radius 1 is 1.03 bits per heavy atom. The van der Waals surface area contributed by atoms with E-state index in [1.54, 1.807) is 12.2 Å². The number of furan rings is 1. The molecule has 2 aromatic heterocycles. The molecule has 3 nitrogen and oxygen atoms in total. The Labute approximate surface area is 190 Å². The van der Waals surface area contributed by atoms with Gasteiger partial charge in [-0.3, -0.25) is 4.79 Å². The summed E-state index contributed by atoms with van der Waals surface area (Å²) in [6, 6.07) is 23.3. The first kappa shape index (κ1) is 21.2. The molecule has 0 aliphatic carbocycles. The Hall–Kier alpha value is -3.08. The minimum atomic E-state index is -0.0342. The van der Waals surface area contributed by atoms with Crippen molar-refractivity contribution in [2.45, 2.75) is 20.0 Å². The van der Waals surface area contributed by atoms with Crippen LogP contribution in [0.2, 0.25) is 5.02 Å². The molecular formula is C26H21ClO3S. The van der Waals surface area contributed by atoms with Gasteiger partial charge in [0.25, 0.3) is 0 Å².